The van der Waals surface area contributed by atoms with Crippen molar-refractivity contribution in [2.45, 2.75) is 26.7 Å². The van der Waals surface area contributed by atoms with E-state index in [4.69, 9.17) is 4.42 Å². The molecule has 0 aliphatic carbocycles. The summed E-state index contributed by atoms with van der Waals surface area (Å²) in [6, 6.07) is 5.04. The Kier molecular flexibility index (Phi) is 3.77. The van der Waals surface area contributed by atoms with Gasteiger partial charge >= 0.3 is 5.76 Å². The number of rotatable bonds is 4. The van der Waals surface area contributed by atoms with Crippen LogP contribution in [0.25, 0.3) is 11.1 Å². The fraction of sp³-hybridized carbons (Fsp3) is 0.312. The molecule has 3 aromatic rings. The average Bonchev–Trinajstić information content (AvgIpc) is 2.96. The molecule has 7 nitrogen and oxygen atoms in total. The monoisotopic (exact) mass is 314 g/mol. The van der Waals surface area contributed by atoms with Crippen LogP contribution in [-0.4, -0.2) is 20.7 Å². The summed E-state index contributed by atoms with van der Waals surface area (Å²) in [6.45, 7) is 3.94. The van der Waals surface area contributed by atoms with Crippen molar-refractivity contribution < 1.29 is 9.21 Å². The predicted octanol–water partition coefficient (Wildman–Crippen LogP) is 2.04. The number of hydrogen-bond acceptors (Lipinski definition) is 4. The SMILES string of the molecule is Cc1nn(C)c(C)c1CCC(=O)Nc1ccc2oc(=O)[nH]c2c1. The first kappa shape index (κ1) is 15.1. The molecule has 0 spiro atoms. The van der Waals surface area contributed by atoms with Gasteiger partial charge in [0.15, 0.2) is 5.58 Å². The summed E-state index contributed by atoms with van der Waals surface area (Å²) in [6.07, 6.45) is 1.01. The van der Waals surface area contributed by atoms with Gasteiger partial charge in [0.05, 0.1) is 11.2 Å². The van der Waals surface area contributed by atoms with Gasteiger partial charge in [-0.2, -0.15) is 5.10 Å². The maximum Gasteiger partial charge on any atom is 0.417 e. The number of hydrogen-bond donors (Lipinski definition) is 2. The smallest absolute Gasteiger partial charge is 0.408 e. The number of H-pyrrole nitrogens is 1. The Hall–Kier alpha value is -2.83. The molecule has 120 valence electrons. The predicted molar refractivity (Wildman–Crippen MR) is 86.5 cm³/mol. The Balaban J connectivity index is 1.67. The third-order valence-electron chi connectivity index (χ3n) is 3.96. The molecule has 0 radical (unpaired) electrons. The van der Waals surface area contributed by atoms with Gasteiger partial charge in [-0.05, 0) is 44.0 Å². The number of carbonyl (C=O) groups excluding carboxylic acids is 1. The topological polar surface area (TPSA) is 92.9 Å². The van der Waals surface area contributed by atoms with Crippen molar-refractivity contribution in [2.24, 2.45) is 7.05 Å². The number of oxazole rings is 1. The molecule has 0 bridgehead atoms. The van der Waals surface area contributed by atoms with Crippen molar-refractivity contribution >= 4 is 22.7 Å². The van der Waals surface area contributed by atoms with Crippen LogP contribution in [0.2, 0.25) is 0 Å². The van der Waals surface area contributed by atoms with Gasteiger partial charge in [-0.3, -0.25) is 14.5 Å². The standard InChI is InChI=1S/C16H18N4O3/c1-9-12(10(2)20(3)19-9)5-7-15(21)17-11-4-6-14-13(8-11)18-16(22)23-14/h4,6,8H,5,7H2,1-3H3,(H,17,21)(H,18,22). The Morgan fingerprint density at radius 3 is 2.87 bits per heavy atom. The summed E-state index contributed by atoms with van der Waals surface area (Å²) < 4.78 is 6.75. The average molecular weight is 314 g/mol. The van der Waals surface area contributed by atoms with Crippen LogP contribution < -0.4 is 11.1 Å². The van der Waals surface area contributed by atoms with E-state index in [-0.39, 0.29) is 5.91 Å². The molecule has 0 saturated heterocycles. The normalized spacial score (nSPS) is 11.1. The van der Waals surface area contributed by atoms with Crippen LogP contribution >= 0.6 is 0 Å². The quantitative estimate of drug-likeness (QED) is 0.770. The van der Waals surface area contributed by atoms with Crippen molar-refractivity contribution in [2.75, 3.05) is 5.32 Å². The van der Waals surface area contributed by atoms with Gasteiger partial charge in [0.1, 0.15) is 0 Å². The number of amides is 1. The molecule has 23 heavy (non-hydrogen) atoms. The fourth-order valence-electron chi connectivity index (χ4n) is 2.67. The second kappa shape index (κ2) is 5.75. The summed E-state index contributed by atoms with van der Waals surface area (Å²) in [4.78, 5) is 25.8. The molecule has 0 atom stereocenters. The summed E-state index contributed by atoms with van der Waals surface area (Å²) in [7, 11) is 1.90. The van der Waals surface area contributed by atoms with Gasteiger partial charge in [0.2, 0.25) is 5.91 Å². The highest BCUT2D eigenvalue weighted by atomic mass is 16.4. The highest BCUT2D eigenvalue weighted by Gasteiger charge is 2.12. The fourth-order valence-corrected chi connectivity index (χ4v) is 2.67. The molecule has 0 unspecified atom stereocenters. The van der Waals surface area contributed by atoms with E-state index in [9.17, 15) is 9.59 Å². The molecule has 7 heteroatoms. The minimum atomic E-state index is -0.508. The van der Waals surface area contributed by atoms with E-state index < -0.39 is 5.76 Å². The van der Waals surface area contributed by atoms with Gasteiger partial charge in [-0.15, -0.1) is 0 Å². The summed E-state index contributed by atoms with van der Waals surface area (Å²) in [5, 5.41) is 7.18. The van der Waals surface area contributed by atoms with E-state index in [1.54, 1.807) is 18.2 Å². The maximum atomic E-state index is 12.1. The second-order valence-corrected chi connectivity index (χ2v) is 5.55. The summed E-state index contributed by atoms with van der Waals surface area (Å²) >= 11 is 0. The van der Waals surface area contributed by atoms with Gasteiger partial charge in [0, 0.05) is 24.8 Å². The van der Waals surface area contributed by atoms with Crippen LogP contribution in [0.4, 0.5) is 5.69 Å². The molecule has 0 saturated carbocycles. The van der Waals surface area contributed by atoms with E-state index in [0.717, 1.165) is 17.0 Å². The van der Waals surface area contributed by atoms with Gasteiger partial charge in [-0.1, -0.05) is 0 Å². The van der Waals surface area contributed by atoms with E-state index in [1.165, 1.54) is 0 Å². The van der Waals surface area contributed by atoms with Crippen LogP contribution in [0.1, 0.15) is 23.4 Å². The number of anilines is 1. The van der Waals surface area contributed by atoms with Crippen LogP contribution in [-0.2, 0) is 18.3 Å². The lowest BCUT2D eigenvalue weighted by Gasteiger charge is -2.05. The maximum absolute atomic E-state index is 12.1. The second-order valence-electron chi connectivity index (χ2n) is 5.55. The van der Waals surface area contributed by atoms with E-state index in [1.807, 2.05) is 25.6 Å². The largest absolute Gasteiger partial charge is 0.417 e. The van der Waals surface area contributed by atoms with E-state index in [2.05, 4.69) is 15.4 Å². The van der Waals surface area contributed by atoms with Crippen LogP contribution in [0.5, 0.6) is 0 Å². The minimum absolute atomic E-state index is 0.0853. The molecule has 2 aromatic heterocycles. The lowest BCUT2D eigenvalue weighted by molar-refractivity contribution is -0.116. The molecule has 0 aliphatic heterocycles. The van der Waals surface area contributed by atoms with Crippen molar-refractivity contribution in [1.29, 1.82) is 0 Å². The zero-order valence-corrected chi connectivity index (χ0v) is 13.3. The molecule has 3 rings (SSSR count). The molecule has 1 aromatic carbocycles. The number of carbonyl (C=O) groups is 1. The molecule has 2 N–H and O–H groups in total. The van der Waals surface area contributed by atoms with Gasteiger partial charge < -0.3 is 9.73 Å². The van der Waals surface area contributed by atoms with Crippen LogP contribution in [0.15, 0.2) is 27.4 Å². The molecule has 0 fully saturated rings. The van der Waals surface area contributed by atoms with Gasteiger partial charge in [-0.25, -0.2) is 4.79 Å². The Morgan fingerprint density at radius 1 is 1.39 bits per heavy atom. The molecule has 2 heterocycles. The number of aryl methyl sites for hydroxylation is 2. The third-order valence-corrected chi connectivity index (χ3v) is 3.96. The minimum Gasteiger partial charge on any atom is -0.408 e. The number of nitrogens with zero attached hydrogens (tertiary/aromatic N) is 2. The number of aromatic nitrogens is 3. The Labute approximate surface area is 132 Å². The van der Waals surface area contributed by atoms with Crippen LogP contribution in [0, 0.1) is 13.8 Å². The van der Waals surface area contributed by atoms with E-state index >= 15 is 0 Å². The molecular weight excluding hydrogens is 296 g/mol. The number of benzene rings is 1. The lowest BCUT2D eigenvalue weighted by atomic mass is 10.1. The van der Waals surface area contributed by atoms with E-state index in [0.29, 0.717) is 29.6 Å². The van der Waals surface area contributed by atoms with Crippen LogP contribution in [0.3, 0.4) is 0 Å². The first-order chi connectivity index (χ1) is 10.9. The van der Waals surface area contributed by atoms with Crippen molar-refractivity contribution in [3.05, 3.63) is 45.7 Å². The Morgan fingerprint density at radius 2 is 2.17 bits per heavy atom. The Bertz CT molecular complexity index is 933. The highest BCUT2D eigenvalue weighted by Crippen LogP contribution is 2.17. The number of fused-ring (bicyclic) bond motifs is 1. The third kappa shape index (κ3) is 3.03. The van der Waals surface area contributed by atoms with Crippen molar-refractivity contribution in [3.8, 4) is 0 Å². The number of nitrogens with one attached hydrogen (secondary N) is 2. The van der Waals surface area contributed by atoms with Crippen molar-refractivity contribution in [1.82, 2.24) is 14.8 Å². The molecule has 0 aliphatic rings. The zero-order valence-electron chi connectivity index (χ0n) is 13.3. The summed E-state index contributed by atoms with van der Waals surface area (Å²) in [5.41, 5.74) is 4.79. The first-order valence-electron chi connectivity index (χ1n) is 7.36. The highest BCUT2D eigenvalue weighted by molar-refractivity contribution is 5.92. The molecular formula is C16H18N4O3. The first-order valence-corrected chi connectivity index (χ1v) is 7.36. The van der Waals surface area contributed by atoms with Gasteiger partial charge in [0.25, 0.3) is 0 Å². The number of aromatic amines is 1. The van der Waals surface area contributed by atoms with Crippen molar-refractivity contribution in [3.63, 3.8) is 0 Å². The summed E-state index contributed by atoms with van der Waals surface area (Å²) in [5.74, 6) is -0.594. The molecule has 1 amide bonds. The lowest BCUT2D eigenvalue weighted by Crippen LogP contribution is -2.12. The zero-order chi connectivity index (χ0) is 16.6.